The van der Waals surface area contributed by atoms with Gasteiger partial charge in [-0.1, -0.05) is 25.1 Å². The van der Waals surface area contributed by atoms with Crippen LogP contribution in [0.15, 0.2) is 54.7 Å². The number of nitrogens with zero attached hydrogens (tertiary/aromatic N) is 2. The fourth-order valence-corrected chi connectivity index (χ4v) is 3.19. The number of rotatable bonds is 9. The third kappa shape index (κ3) is 5.08. The summed E-state index contributed by atoms with van der Waals surface area (Å²) in [6, 6.07) is 14.1. The minimum Gasteiger partial charge on any atom is -0.493 e. The van der Waals surface area contributed by atoms with Crippen molar-refractivity contribution < 1.29 is 19.1 Å². The van der Waals surface area contributed by atoms with Gasteiger partial charge in [0.1, 0.15) is 11.7 Å². The summed E-state index contributed by atoms with van der Waals surface area (Å²) in [4.78, 5) is 25.4. The average molecular weight is 437 g/mol. The van der Waals surface area contributed by atoms with E-state index in [9.17, 15) is 9.59 Å². The van der Waals surface area contributed by atoms with Gasteiger partial charge in [0, 0.05) is 18.3 Å². The molecule has 0 spiro atoms. The van der Waals surface area contributed by atoms with E-state index in [-0.39, 0.29) is 5.91 Å². The van der Waals surface area contributed by atoms with Crippen LogP contribution in [-0.4, -0.2) is 48.4 Å². The number of amides is 2. The monoisotopic (exact) mass is 436 g/mol. The van der Waals surface area contributed by atoms with Crippen LogP contribution in [0.3, 0.4) is 0 Å². The van der Waals surface area contributed by atoms with E-state index >= 15 is 0 Å². The van der Waals surface area contributed by atoms with E-state index in [1.165, 1.54) is 0 Å². The second-order valence-electron chi connectivity index (χ2n) is 7.23. The fourth-order valence-electron chi connectivity index (χ4n) is 3.19. The molecule has 0 aliphatic heterocycles. The van der Waals surface area contributed by atoms with E-state index in [0.717, 1.165) is 12.1 Å². The molecule has 0 saturated carbocycles. The highest BCUT2D eigenvalue weighted by atomic mass is 16.5. The van der Waals surface area contributed by atoms with Gasteiger partial charge in [-0.2, -0.15) is 5.10 Å². The molecule has 2 N–H and O–H groups in total. The maximum absolute atomic E-state index is 13.1. The quantitative estimate of drug-likeness (QED) is 0.537. The van der Waals surface area contributed by atoms with Gasteiger partial charge in [-0.25, -0.2) is 4.68 Å². The van der Waals surface area contributed by atoms with Crippen LogP contribution in [0.5, 0.6) is 11.5 Å². The lowest BCUT2D eigenvalue weighted by molar-refractivity contribution is -0.122. The molecule has 0 fully saturated rings. The third-order valence-corrected chi connectivity index (χ3v) is 4.93. The van der Waals surface area contributed by atoms with Gasteiger partial charge in [0.05, 0.1) is 25.5 Å². The summed E-state index contributed by atoms with van der Waals surface area (Å²) in [5.74, 6) is 0.475. The summed E-state index contributed by atoms with van der Waals surface area (Å²) in [7, 11) is 3.11. The van der Waals surface area contributed by atoms with Crippen LogP contribution in [0.25, 0.3) is 16.9 Å². The standard InChI is InChI=1S/C24H28N4O4/c1-5-13-25-23(29)16(2)26-24(30)19-15-28(18-9-7-6-8-10-18)27-22(19)17-11-12-20(31-3)21(14-17)32-4/h6-12,14-16H,5,13H2,1-4H3,(H,25,29)(H,26,30)/t16-/m1/s1. The molecular formula is C24H28N4O4. The second-order valence-corrected chi connectivity index (χ2v) is 7.23. The van der Waals surface area contributed by atoms with Crippen LogP contribution in [0.2, 0.25) is 0 Å². The predicted molar refractivity (Wildman–Crippen MR) is 122 cm³/mol. The lowest BCUT2D eigenvalue weighted by Crippen LogP contribution is -2.45. The van der Waals surface area contributed by atoms with Crippen molar-refractivity contribution in [1.82, 2.24) is 20.4 Å². The molecular weight excluding hydrogens is 408 g/mol. The van der Waals surface area contributed by atoms with Gasteiger partial charge in [-0.15, -0.1) is 0 Å². The number of para-hydroxylation sites is 1. The van der Waals surface area contributed by atoms with Gasteiger partial charge < -0.3 is 20.1 Å². The normalized spacial score (nSPS) is 11.5. The Morgan fingerprint density at radius 3 is 2.44 bits per heavy atom. The number of methoxy groups -OCH3 is 2. The summed E-state index contributed by atoms with van der Waals surface area (Å²) >= 11 is 0. The van der Waals surface area contributed by atoms with Crippen molar-refractivity contribution in [3.8, 4) is 28.4 Å². The maximum atomic E-state index is 13.1. The highest BCUT2D eigenvalue weighted by molar-refractivity contribution is 6.02. The van der Waals surface area contributed by atoms with Crippen LogP contribution in [0.1, 0.15) is 30.6 Å². The van der Waals surface area contributed by atoms with Gasteiger partial charge in [-0.3, -0.25) is 9.59 Å². The van der Waals surface area contributed by atoms with Crippen LogP contribution in [-0.2, 0) is 4.79 Å². The first-order valence-electron chi connectivity index (χ1n) is 10.4. The van der Waals surface area contributed by atoms with E-state index in [2.05, 4.69) is 15.7 Å². The Bertz CT molecular complexity index is 1080. The molecule has 2 amide bonds. The molecule has 1 heterocycles. The largest absolute Gasteiger partial charge is 0.493 e. The Hall–Kier alpha value is -3.81. The molecule has 8 heteroatoms. The highest BCUT2D eigenvalue weighted by Gasteiger charge is 2.23. The summed E-state index contributed by atoms with van der Waals surface area (Å²) in [6.45, 7) is 4.18. The van der Waals surface area contributed by atoms with Gasteiger partial charge in [-0.05, 0) is 43.7 Å². The number of aromatic nitrogens is 2. The zero-order chi connectivity index (χ0) is 23.1. The minimum absolute atomic E-state index is 0.233. The Balaban J connectivity index is 2.00. The van der Waals surface area contributed by atoms with Crippen molar-refractivity contribution in [1.29, 1.82) is 0 Å². The molecule has 0 radical (unpaired) electrons. The molecule has 1 atom stereocenters. The van der Waals surface area contributed by atoms with Crippen molar-refractivity contribution in [2.45, 2.75) is 26.3 Å². The van der Waals surface area contributed by atoms with Crippen LogP contribution >= 0.6 is 0 Å². The Labute approximate surface area is 187 Å². The van der Waals surface area contributed by atoms with Crippen molar-refractivity contribution in [2.24, 2.45) is 0 Å². The maximum Gasteiger partial charge on any atom is 0.255 e. The highest BCUT2D eigenvalue weighted by Crippen LogP contribution is 2.33. The molecule has 2 aromatic carbocycles. The van der Waals surface area contributed by atoms with Crippen molar-refractivity contribution in [3.05, 3.63) is 60.3 Å². The molecule has 168 valence electrons. The van der Waals surface area contributed by atoms with E-state index in [4.69, 9.17) is 9.47 Å². The first-order chi connectivity index (χ1) is 15.5. The summed E-state index contributed by atoms with van der Waals surface area (Å²) < 4.78 is 12.4. The zero-order valence-electron chi connectivity index (χ0n) is 18.7. The SMILES string of the molecule is CCCNC(=O)[C@@H](C)NC(=O)c1cn(-c2ccccc2)nc1-c1ccc(OC)c(OC)c1. The molecule has 0 aliphatic rings. The Morgan fingerprint density at radius 2 is 1.78 bits per heavy atom. The molecule has 1 aromatic heterocycles. The first kappa shape index (κ1) is 22.9. The number of carbonyl (C=O) groups excluding carboxylic acids is 2. The molecule has 0 bridgehead atoms. The molecule has 32 heavy (non-hydrogen) atoms. The van der Waals surface area contributed by atoms with Gasteiger partial charge in [0.25, 0.3) is 5.91 Å². The number of benzene rings is 2. The molecule has 8 nitrogen and oxygen atoms in total. The van der Waals surface area contributed by atoms with Gasteiger partial charge >= 0.3 is 0 Å². The Kier molecular flexibility index (Phi) is 7.49. The Morgan fingerprint density at radius 1 is 1.06 bits per heavy atom. The van der Waals surface area contributed by atoms with Crippen molar-refractivity contribution in [2.75, 3.05) is 20.8 Å². The topological polar surface area (TPSA) is 94.5 Å². The zero-order valence-corrected chi connectivity index (χ0v) is 18.7. The summed E-state index contributed by atoms with van der Waals surface area (Å²) in [5, 5.41) is 10.2. The van der Waals surface area contributed by atoms with Crippen molar-refractivity contribution in [3.63, 3.8) is 0 Å². The number of hydrogen-bond acceptors (Lipinski definition) is 5. The lowest BCUT2D eigenvalue weighted by Gasteiger charge is -2.14. The van der Waals surface area contributed by atoms with Crippen LogP contribution in [0, 0.1) is 0 Å². The van der Waals surface area contributed by atoms with E-state index < -0.39 is 11.9 Å². The smallest absolute Gasteiger partial charge is 0.255 e. The first-order valence-corrected chi connectivity index (χ1v) is 10.4. The van der Waals surface area contributed by atoms with Gasteiger partial charge in [0.15, 0.2) is 11.5 Å². The lowest BCUT2D eigenvalue weighted by atomic mass is 10.1. The van der Waals surface area contributed by atoms with Gasteiger partial charge in [0.2, 0.25) is 5.91 Å². The number of nitrogens with one attached hydrogen (secondary N) is 2. The molecule has 3 aromatic rings. The molecule has 0 saturated heterocycles. The number of hydrogen-bond donors (Lipinski definition) is 2. The molecule has 0 aliphatic carbocycles. The summed E-state index contributed by atoms with van der Waals surface area (Å²) in [5.41, 5.74) is 2.30. The molecule has 0 unspecified atom stereocenters. The minimum atomic E-state index is -0.688. The summed E-state index contributed by atoms with van der Waals surface area (Å²) in [6.07, 6.45) is 2.48. The average Bonchev–Trinajstić information content (AvgIpc) is 3.28. The number of carbonyl (C=O) groups is 2. The fraction of sp³-hybridized carbons (Fsp3) is 0.292. The van der Waals surface area contributed by atoms with Crippen LogP contribution in [0.4, 0.5) is 0 Å². The van der Waals surface area contributed by atoms with E-state index in [1.807, 2.05) is 43.3 Å². The van der Waals surface area contributed by atoms with Crippen LogP contribution < -0.4 is 20.1 Å². The number of ether oxygens (including phenoxy) is 2. The van der Waals surface area contributed by atoms with E-state index in [1.54, 1.807) is 44.2 Å². The van der Waals surface area contributed by atoms with Crippen molar-refractivity contribution >= 4 is 11.8 Å². The molecule has 3 rings (SSSR count). The van der Waals surface area contributed by atoms with E-state index in [0.29, 0.717) is 34.9 Å². The second kappa shape index (κ2) is 10.5. The predicted octanol–water partition coefficient (Wildman–Crippen LogP) is 3.20. The third-order valence-electron chi connectivity index (χ3n) is 4.93.